The van der Waals surface area contributed by atoms with Gasteiger partial charge in [-0.1, -0.05) is 95.1 Å². The van der Waals surface area contributed by atoms with Gasteiger partial charge in [-0.25, -0.2) is 0 Å². The summed E-state index contributed by atoms with van der Waals surface area (Å²) in [6.07, 6.45) is 0. The number of thiophene rings is 2. The van der Waals surface area contributed by atoms with Gasteiger partial charge in [0, 0.05) is 40.3 Å². The van der Waals surface area contributed by atoms with Gasteiger partial charge in [-0.3, -0.25) is 0 Å². The molecule has 2 aromatic heterocycles. The minimum absolute atomic E-state index is 1.29. The van der Waals surface area contributed by atoms with Crippen molar-refractivity contribution in [2.45, 2.75) is 27.7 Å². The quantitative estimate of drug-likeness (QED) is 0.201. The van der Waals surface area contributed by atoms with Crippen LogP contribution >= 0.6 is 22.7 Å². The SMILES string of the molecule is Cc1cc(C)cc(-c2ccc3c(c2)sc2ccc4c(ccc5sc6cc(-c7cc(C)cc(C)c7)ccc6c54)c23)c1. The van der Waals surface area contributed by atoms with E-state index in [9.17, 15) is 0 Å². The van der Waals surface area contributed by atoms with Crippen LogP contribution in [0.2, 0.25) is 0 Å². The fraction of sp³-hybridized carbons (Fsp3) is 0.105. The molecule has 6 aromatic carbocycles. The Morgan fingerprint density at radius 2 is 0.700 bits per heavy atom. The van der Waals surface area contributed by atoms with Crippen molar-refractivity contribution in [1.29, 1.82) is 0 Å². The predicted octanol–water partition coefficient (Wildman–Crippen LogP) is 12.1. The Bertz CT molecular complexity index is 2100. The van der Waals surface area contributed by atoms with Gasteiger partial charge in [0.25, 0.3) is 0 Å². The Morgan fingerprint density at radius 3 is 1.10 bits per heavy atom. The molecule has 0 N–H and O–H groups in total. The molecule has 0 unspecified atom stereocenters. The van der Waals surface area contributed by atoms with E-state index >= 15 is 0 Å². The third-order valence-electron chi connectivity index (χ3n) is 8.18. The molecule has 0 aliphatic heterocycles. The number of benzene rings is 6. The van der Waals surface area contributed by atoms with Gasteiger partial charge in [-0.05, 0) is 85.0 Å². The maximum atomic E-state index is 2.38. The number of hydrogen-bond acceptors (Lipinski definition) is 2. The van der Waals surface area contributed by atoms with Crippen LogP contribution in [0.3, 0.4) is 0 Å². The number of hydrogen-bond donors (Lipinski definition) is 0. The van der Waals surface area contributed by atoms with Gasteiger partial charge in [0.1, 0.15) is 0 Å². The van der Waals surface area contributed by atoms with Crippen LogP contribution in [0.4, 0.5) is 0 Å². The van der Waals surface area contributed by atoms with Crippen LogP contribution in [0.25, 0.3) is 73.4 Å². The zero-order valence-electron chi connectivity index (χ0n) is 23.1. The van der Waals surface area contributed by atoms with Gasteiger partial charge in [-0.15, -0.1) is 22.7 Å². The van der Waals surface area contributed by atoms with E-state index in [0.717, 1.165) is 0 Å². The van der Waals surface area contributed by atoms with Crippen molar-refractivity contribution in [2.24, 2.45) is 0 Å². The molecule has 2 heteroatoms. The molecule has 0 saturated carbocycles. The molecule has 0 amide bonds. The van der Waals surface area contributed by atoms with Gasteiger partial charge in [-0.2, -0.15) is 0 Å². The van der Waals surface area contributed by atoms with Gasteiger partial charge in [0.05, 0.1) is 0 Å². The fourth-order valence-electron chi connectivity index (χ4n) is 6.60. The summed E-state index contributed by atoms with van der Waals surface area (Å²) in [6, 6.07) is 37.1. The molecule has 2 heterocycles. The molecule has 0 nitrogen and oxygen atoms in total. The van der Waals surface area contributed by atoms with Crippen molar-refractivity contribution in [1.82, 2.24) is 0 Å². The van der Waals surface area contributed by atoms with E-state index in [1.165, 1.54) is 95.6 Å². The summed E-state index contributed by atoms with van der Waals surface area (Å²) in [5.74, 6) is 0. The Hall–Kier alpha value is -3.98. The largest absolute Gasteiger partial charge is 0.135 e. The number of rotatable bonds is 2. The molecular formula is C38H28S2. The standard InChI is InChI=1S/C38H28S2/c1-21-13-22(2)16-27(15-21)25-5-7-31-35(19-25)39-33-11-9-30-29(37(31)33)10-12-34-38(30)32-8-6-26(20-36(32)40-34)28-17-23(3)14-24(4)18-28/h5-20H,1-4H3. The highest BCUT2D eigenvalue weighted by Crippen LogP contribution is 2.45. The van der Waals surface area contributed by atoms with E-state index in [1.807, 2.05) is 22.7 Å². The number of aryl methyl sites for hydroxylation is 4. The van der Waals surface area contributed by atoms with Crippen LogP contribution in [0.5, 0.6) is 0 Å². The van der Waals surface area contributed by atoms with Crippen LogP contribution in [-0.4, -0.2) is 0 Å². The normalized spacial score (nSPS) is 12.0. The minimum atomic E-state index is 1.29. The van der Waals surface area contributed by atoms with Crippen molar-refractivity contribution in [2.75, 3.05) is 0 Å². The van der Waals surface area contributed by atoms with Gasteiger partial charge in [0.15, 0.2) is 0 Å². The summed E-state index contributed by atoms with van der Waals surface area (Å²) < 4.78 is 5.42. The molecule has 0 fully saturated rings. The van der Waals surface area contributed by atoms with E-state index in [2.05, 4.69) is 125 Å². The number of fused-ring (bicyclic) bond motifs is 9. The molecule has 0 bridgehead atoms. The highest BCUT2D eigenvalue weighted by Gasteiger charge is 2.15. The second kappa shape index (κ2) is 8.76. The predicted molar refractivity (Wildman–Crippen MR) is 180 cm³/mol. The monoisotopic (exact) mass is 548 g/mol. The second-order valence-electron chi connectivity index (χ2n) is 11.4. The maximum Gasteiger partial charge on any atom is 0.0361 e. The summed E-state index contributed by atoms with van der Waals surface area (Å²) in [6.45, 7) is 8.72. The maximum absolute atomic E-state index is 2.38. The van der Waals surface area contributed by atoms with Crippen LogP contribution in [-0.2, 0) is 0 Å². The first-order valence-electron chi connectivity index (χ1n) is 13.8. The van der Waals surface area contributed by atoms with Gasteiger partial charge >= 0.3 is 0 Å². The Kier molecular flexibility index (Phi) is 5.23. The Balaban J connectivity index is 1.33. The summed E-state index contributed by atoms with van der Waals surface area (Å²) in [5.41, 5.74) is 10.4. The molecule has 40 heavy (non-hydrogen) atoms. The average Bonchev–Trinajstić information content (AvgIpc) is 3.49. The van der Waals surface area contributed by atoms with Crippen molar-refractivity contribution < 1.29 is 0 Å². The second-order valence-corrected chi connectivity index (χ2v) is 13.5. The Labute approximate surface area is 242 Å². The molecule has 8 rings (SSSR count). The highest BCUT2D eigenvalue weighted by molar-refractivity contribution is 7.26. The average molecular weight is 549 g/mol. The topological polar surface area (TPSA) is 0 Å². The molecule has 0 spiro atoms. The van der Waals surface area contributed by atoms with Crippen molar-refractivity contribution in [3.05, 3.63) is 119 Å². The molecule has 0 saturated heterocycles. The zero-order chi connectivity index (χ0) is 27.1. The third kappa shape index (κ3) is 3.71. The first-order valence-corrected chi connectivity index (χ1v) is 15.5. The molecule has 0 atom stereocenters. The molecule has 8 aromatic rings. The van der Waals surface area contributed by atoms with E-state index < -0.39 is 0 Å². The van der Waals surface area contributed by atoms with Crippen LogP contribution in [0, 0.1) is 27.7 Å². The van der Waals surface area contributed by atoms with E-state index in [-0.39, 0.29) is 0 Å². The van der Waals surface area contributed by atoms with Gasteiger partial charge in [0.2, 0.25) is 0 Å². The summed E-state index contributed by atoms with van der Waals surface area (Å²) in [5, 5.41) is 8.20. The third-order valence-corrected chi connectivity index (χ3v) is 10.4. The van der Waals surface area contributed by atoms with Crippen molar-refractivity contribution >= 4 is 73.8 Å². The minimum Gasteiger partial charge on any atom is -0.135 e. The van der Waals surface area contributed by atoms with Crippen molar-refractivity contribution in [3.8, 4) is 22.3 Å². The summed E-state index contributed by atoms with van der Waals surface area (Å²) in [4.78, 5) is 0. The van der Waals surface area contributed by atoms with Crippen molar-refractivity contribution in [3.63, 3.8) is 0 Å². The molecule has 0 aliphatic carbocycles. The lowest BCUT2D eigenvalue weighted by atomic mass is 9.96. The van der Waals surface area contributed by atoms with E-state index in [4.69, 9.17) is 0 Å². The molecule has 0 radical (unpaired) electrons. The van der Waals surface area contributed by atoms with Crippen LogP contribution < -0.4 is 0 Å². The summed E-state index contributed by atoms with van der Waals surface area (Å²) in [7, 11) is 0. The summed E-state index contributed by atoms with van der Waals surface area (Å²) >= 11 is 3.82. The fourth-order valence-corrected chi connectivity index (χ4v) is 8.92. The lowest BCUT2D eigenvalue weighted by Gasteiger charge is -2.07. The first-order chi connectivity index (χ1) is 19.4. The molecule has 192 valence electrons. The smallest absolute Gasteiger partial charge is 0.0361 e. The lowest BCUT2D eigenvalue weighted by Crippen LogP contribution is -1.83. The molecular weight excluding hydrogens is 521 g/mol. The van der Waals surface area contributed by atoms with E-state index in [0.29, 0.717) is 0 Å². The van der Waals surface area contributed by atoms with E-state index in [1.54, 1.807) is 0 Å². The van der Waals surface area contributed by atoms with Crippen LogP contribution in [0.1, 0.15) is 22.3 Å². The first kappa shape index (κ1) is 23.9. The lowest BCUT2D eigenvalue weighted by molar-refractivity contribution is 1.38. The molecule has 0 aliphatic rings. The zero-order valence-corrected chi connectivity index (χ0v) is 24.7. The van der Waals surface area contributed by atoms with Crippen LogP contribution in [0.15, 0.2) is 97.1 Å². The Morgan fingerprint density at radius 1 is 0.325 bits per heavy atom. The highest BCUT2D eigenvalue weighted by atomic mass is 32.1. The van der Waals surface area contributed by atoms with Gasteiger partial charge < -0.3 is 0 Å².